The molecule has 1 fully saturated rings. The summed E-state index contributed by atoms with van der Waals surface area (Å²) in [5.41, 5.74) is 2.82. The van der Waals surface area contributed by atoms with E-state index >= 15 is 0 Å². The first-order valence-corrected chi connectivity index (χ1v) is 9.70. The van der Waals surface area contributed by atoms with Gasteiger partial charge in [0.2, 0.25) is 0 Å². The molecule has 3 aliphatic carbocycles. The fourth-order valence-corrected chi connectivity index (χ4v) is 6.06. The highest BCUT2D eigenvalue weighted by Gasteiger charge is 2.63. The highest BCUT2D eigenvalue weighted by atomic mass is 16.6. The summed E-state index contributed by atoms with van der Waals surface area (Å²) in [7, 11) is 1.74. The Kier molecular flexibility index (Phi) is 3.09. The van der Waals surface area contributed by atoms with Gasteiger partial charge in [0.15, 0.2) is 17.6 Å². The highest BCUT2D eigenvalue weighted by molar-refractivity contribution is 5.62. The number of hydrogen-bond acceptors (Lipinski definition) is 3. The molecule has 1 aromatic rings. The van der Waals surface area contributed by atoms with Crippen LogP contribution in [0, 0.1) is 11.8 Å². The maximum absolute atomic E-state index is 6.64. The van der Waals surface area contributed by atoms with Crippen molar-refractivity contribution in [2.24, 2.45) is 11.8 Å². The van der Waals surface area contributed by atoms with Gasteiger partial charge in [-0.05, 0) is 76.0 Å². The SMILES string of the molecule is COc1ccc2c3c1O[C@H]1C(OC(C)(C)C)=CC[C@H]4[C@H](CCC[C@]314)C2. The fourth-order valence-electron chi connectivity index (χ4n) is 6.06. The van der Waals surface area contributed by atoms with Crippen LogP contribution in [-0.4, -0.2) is 18.8 Å². The average molecular weight is 340 g/mol. The molecule has 0 unspecified atom stereocenters. The number of rotatable bonds is 2. The number of hydrogen-bond donors (Lipinski definition) is 0. The van der Waals surface area contributed by atoms with Gasteiger partial charge in [-0.2, -0.15) is 0 Å². The van der Waals surface area contributed by atoms with Crippen LogP contribution in [-0.2, 0) is 16.6 Å². The Bertz CT molecular complexity index is 757. The van der Waals surface area contributed by atoms with Crippen molar-refractivity contribution in [3.63, 3.8) is 0 Å². The summed E-state index contributed by atoms with van der Waals surface area (Å²) >= 11 is 0. The van der Waals surface area contributed by atoms with Gasteiger partial charge in [-0.25, -0.2) is 0 Å². The van der Waals surface area contributed by atoms with Gasteiger partial charge >= 0.3 is 0 Å². The van der Waals surface area contributed by atoms with Crippen molar-refractivity contribution in [2.75, 3.05) is 7.11 Å². The third kappa shape index (κ3) is 1.98. The summed E-state index contributed by atoms with van der Waals surface area (Å²) in [4.78, 5) is 0. The molecule has 4 aliphatic rings. The Morgan fingerprint density at radius 3 is 2.84 bits per heavy atom. The standard InChI is InChI=1S/C22H28O3/c1-21(2,3)25-17-10-8-15-13-6-5-11-22(15)18-14(12-13)7-9-16(23-4)19(18)24-20(17)22/h7,9-10,13,15,20H,5-6,8,11-12H2,1-4H3/t13-,15+,20+,22+/m1/s1. The van der Waals surface area contributed by atoms with E-state index in [1.807, 2.05) is 0 Å². The van der Waals surface area contributed by atoms with Crippen LogP contribution in [0.3, 0.4) is 0 Å². The molecule has 0 amide bonds. The normalized spacial score (nSPS) is 34.7. The van der Waals surface area contributed by atoms with E-state index in [0.29, 0.717) is 5.92 Å². The molecule has 1 heterocycles. The molecule has 0 aromatic heterocycles. The minimum Gasteiger partial charge on any atom is -0.493 e. The van der Waals surface area contributed by atoms with Crippen molar-refractivity contribution in [3.05, 3.63) is 35.1 Å². The Morgan fingerprint density at radius 1 is 1.24 bits per heavy atom. The zero-order chi connectivity index (χ0) is 17.4. The molecule has 1 aliphatic heterocycles. The van der Waals surface area contributed by atoms with Crippen molar-refractivity contribution in [1.29, 1.82) is 0 Å². The molecule has 5 rings (SSSR count). The maximum atomic E-state index is 6.64. The molecule has 1 spiro atoms. The molecule has 3 heteroatoms. The van der Waals surface area contributed by atoms with Crippen LogP contribution in [0.1, 0.15) is 57.6 Å². The molecule has 3 nitrogen and oxygen atoms in total. The lowest BCUT2D eigenvalue weighted by Gasteiger charge is -2.54. The smallest absolute Gasteiger partial charge is 0.166 e. The summed E-state index contributed by atoms with van der Waals surface area (Å²) < 4.78 is 18.7. The molecule has 1 saturated carbocycles. The first kappa shape index (κ1) is 15.6. The number of benzene rings is 1. The molecule has 1 aromatic carbocycles. The molecule has 0 saturated heterocycles. The van der Waals surface area contributed by atoms with Gasteiger partial charge in [0.05, 0.1) is 7.11 Å². The van der Waals surface area contributed by atoms with Gasteiger partial charge in [-0.1, -0.05) is 12.5 Å². The lowest BCUT2D eigenvalue weighted by Crippen LogP contribution is -2.55. The molecule has 134 valence electrons. The van der Waals surface area contributed by atoms with Gasteiger partial charge in [0.25, 0.3) is 0 Å². The second-order valence-electron chi connectivity index (χ2n) is 9.19. The molecule has 25 heavy (non-hydrogen) atoms. The minimum absolute atomic E-state index is 0.0126. The van der Waals surface area contributed by atoms with Crippen molar-refractivity contribution in [1.82, 2.24) is 0 Å². The third-order valence-electron chi connectivity index (χ3n) is 6.73. The van der Waals surface area contributed by atoms with E-state index in [9.17, 15) is 0 Å². The second kappa shape index (κ2) is 4.96. The predicted molar refractivity (Wildman–Crippen MR) is 97.2 cm³/mol. The zero-order valence-corrected chi connectivity index (χ0v) is 15.7. The molecule has 2 bridgehead atoms. The van der Waals surface area contributed by atoms with Gasteiger partial charge < -0.3 is 14.2 Å². The number of methoxy groups -OCH3 is 1. The van der Waals surface area contributed by atoms with Crippen LogP contribution >= 0.6 is 0 Å². The largest absolute Gasteiger partial charge is 0.493 e. The first-order valence-electron chi connectivity index (χ1n) is 9.70. The van der Waals surface area contributed by atoms with E-state index < -0.39 is 0 Å². The summed E-state index contributed by atoms with van der Waals surface area (Å²) in [5, 5.41) is 0. The Morgan fingerprint density at radius 2 is 2.08 bits per heavy atom. The Labute approximate surface area is 150 Å². The summed E-state index contributed by atoms with van der Waals surface area (Å²) in [6, 6.07) is 4.37. The maximum Gasteiger partial charge on any atom is 0.166 e. The van der Waals surface area contributed by atoms with Crippen LogP contribution < -0.4 is 9.47 Å². The average Bonchev–Trinajstić information content (AvgIpc) is 2.89. The van der Waals surface area contributed by atoms with E-state index in [4.69, 9.17) is 14.2 Å². The van der Waals surface area contributed by atoms with E-state index in [0.717, 1.165) is 29.6 Å². The molecule has 4 atom stereocenters. The van der Waals surface area contributed by atoms with E-state index in [1.165, 1.54) is 36.8 Å². The van der Waals surface area contributed by atoms with E-state index in [2.05, 4.69) is 39.0 Å². The van der Waals surface area contributed by atoms with Gasteiger partial charge in [0, 0.05) is 11.0 Å². The van der Waals surface area contributed by atoms with Crippen LogP contribution in [0.15, 0.2) is 24.0 Å². The van der Waals surface area contributed by atoms with Crippen molar-refractivity contribution in [2.45, 2.75) is 70.0 Å². The molecular weight excluding hydrogens is 312 g/mol. The lowest BCUT2D eigenvalue weighted by atomic mass is 9.49. The first-order chi connectivity index (χ1) is 11.9. The third-order valence-corrected chi connectivity index (χ3v) is 6.73. The predicted octanol–water partition coefficient (Wildman–Crippen LogP) is 4.77. The number of allylic oxidation sites excluding steroid dienone is 1. The van der Waals surface area contributed by atoms with Crippen molar-refractivity contribution < 1.29 is 14.2 Å². The molecular formula is C22H28O3. The van der Waals surface area contributed by atoms with Crippen LogP contribution in [0.2, 0.25) is 0 Å². The van der Waals surface area contributed by atoms with E-state index in [1.54, 1.807) is 7.11 Å². The monoisotopic (exact) mass is 340 g/mol. The van der Waals surface area contributed by atoms with Crippen molar-refractivity contribution >= 4 is 0 Å². The van der Waals surface area contributed by atoms with Gasteiger partial charge in [-0.3, -0.25) is 0 Å². The Hall–Kier alpha value is -1.64. The minimum atomic E-state index is -0.205. The summed E-state index contributed by atoms with van der Waals surface area (Å²) in [6.07, 6.45) is 8.49. The van der Waals surface area contributed by atoms with E-state index in [-0.39, 0.29) is 17.1 Å². The topological polar surface area (TPSA) is 27.7 Å². The Balaban J connectivity index is 1.71. The second-order valence-corrected chi connectivity index (χ2v) is 9.19. The van der Waals surface area contributed by atoms with Crippen LogP contribution in [0.5, 0.6) is 11.5 Å². The van der Waals surface area contributed by atoms with Crippen molar-refractivity contribution in [3.8, 4) is 11.5 Å². The molecule has 0 radical (unpaired) electrons. The lowest BCUT2D eigenvalue weighted by molar-refractivity contribution is -0.0400. The number of ether oxygens (including phenoxy) is 3. The van der Waals surface area contributed by atoms with Gasteiger partial charge in [-0.15, -0.1) is 0 Å². The quantitative estimate of drug-likeness (QED) is 0.776. The van der Waals surface area contributed by atoms with Gasteiger partial charge in [0.1, 0.15) is 11.4 Å². The summed E-state index contributed by atoms with van der Waals surface area (Å²) in [5.74, 6) is 4.36. The fraction of sp³-hybridized carbons (Fsp3) is 0.636. The zero-order valence-electron chi connectivity index (χ0n) is 15.7. The van der Waals surface area contributed by atoms with Crippen LogP contribution in [0.4, 0.5) is 0 Å². The van der Waals surface area contributed by atoms with Crippen LogP contribution in [0.25, 0.3) is 0 Å². The summed E-state index contributed by atoms with van der Waals surface area (Å²) in [6.45, 7) is 6.36. The highest BCUT2D eigenvalue weighted by Crippen LogP contribution is 2.66. The molecule has 0 N–H and O–H groups in total.